The van der Waals surface area contributed by atoms with Gasteiger partial charge in [0.15, 0.2) is 0 Å². The molecule has 0 saturated carbocycles. The Bertz CT molecular complexity index is 627. The third-order valence-electron chi connectivity index (χ3n) is 5.51. The summed E-state index contributed by atoms with van der Waals surface area (Å²) in [7, 11) is 0. The quantitative estimate of drug-likeness (QED) is 0.810. The third-order valence-corrected chi connectivity index (χ3v) is 5.51. The number of benzene rings is 2. The zero-order valence-corrected chi connectivity index (χ0v) is 14.8. The van der Waals surface area contributed by atoms with Crippen LogP contribution in [0.25, 0.3) is 0 Å². The van der Waals surface area contributed by atoms with Crippen LogP contribution in [0.4, 0.5) is 0 Å². The molecule has 1 heterocycles. The summed E-state index contributed by atoms with van der Waals surface area (Å²) in [5.74, 6) is 0.236. The SMILES string of the molecule is CCC[C@]1(O)C[C@@H](c2ccccc2)N[C@H](c2ccccc2)[C@@H]1CC. The fourth-order valence-corrected chi connectivity index (χ4v) is 4.43. The summed E-state index contributed by atoms with van der Waals surface area (Å²) in [6.07, 6.45) is 3.63. The van der Waals surface area contributed by atoms with E-state index in [1.165, 1.54) is 11.1 Å². The van der Waals surface area contributed by atoms with Crippen molar-refractivity contribution in [2.24, 2.45) is 5.92 Å². The highest BCUT2D eigenvalue weighted by molar-refractivity contribution is 5.26. The fourth-order valence-electron chi connectivity index (χ4n) is 4.43. The maximum absolute atomic E-state index is 11.6. The van der Waals surface area contributed by atoms with E-state index in [9.17, 15) is 5.11 Å². The molecule has 1 saturated heterocycles. The van der Waals surface area contributed by atoms with Crippen molar-refractivity contribution in [2.75, 3.05) is 0 Å². The molecule has 0 aliphatic carbocycles. The number of aliphatic hydroxyl groups is 1. The van der Waals surface area contributed by atoms with Crippen LogP contribution in [0.3, 0.4) is 0 Å². The molecule has 0 amide bonds. The first-order valence-corrected chi connectivity index (χ1v) is 9.26. The molecule has 2 nitrogen and oxygen atoms in total. The first-order valence-electron chi connectivity index (χ1n) is 9.26. The second kappa shape index (κ2) is 7.50. The lowest BCUT2D eigenvalue weighted by Gasteiger charge is -2.49. The maximum Gasteiger partial charge on any atom is 0.0711 e. The molecular weight excluding hydrogens is 294 g/mol. The van der Waals surface area contributed by atoms with Gasteiger partial charge in [-0.25, -0.2) is 0 Å². The van der Waals surface area contributed by atoms with Crippen LogP contribution in [0.1, 0.15) is 62.7 Å². The molecule has 128 valence electrons. The summed E-state index contributed by atoms with van der Waals surface area (Å²) in [5.41, 5.74) is 1.93. The van der Waals surface area contributed by atoms with Gasteiger partial charge in [0.2, 0.25) is 0 Å². The van der Waals surface area contributed by atoms with Crippen LogP contribution in [0.2, 0.25) is 0 Å². The summed E-state index contributed by atoms with van der Waals surface area (Å²) in [6, 6.07) is 21.5. The highest BCUT2D eigenvalue weighted by Crippen LogP contribution is 2.46. The van der Waals surface area contributed by atoms with Gasteiger partial charge in [0.25, 0.3) is 0 Å². The Morgan fingerprint density at radius 1 is 0.958 bits per heavy atom. The molecule has 1 fully saturated rings. The highest BCUT2D eigenvalue weighted by atomic mass is 16.3. The number of piperidine rings is 1. The molecule has 4 atom stereocenters. The van der Waals surface area contributed by atoms with Gasteiger partial charge in [0, 0.05) is 18.0 Å². The Morgan fingerprint density at radius 2 is 1.54 bits per heavy atom. The molecule has 1 aliphatic rings. The van der Waals surface area contributed by atoms with Gasteiger partial charge in [-0.05, 0) is 30.4 Å². The van der Waals surface area contributed by atoms with Crippen molar-refractivity contribution in [1.82, 2.24) is 5.32 Å². The first kappa shape index (κ1) is 17.2. The van der Waals surface area contributed by atoms with Gasteiger partial charge in [0.1, 0.15) is 0 Å². The van der Waals surface area contributed by atoms with Crippen LogP contribution in [-0.4, -0.2) is 10.7 Å². The van der Waals surface area contributed by atoms with Gasteiger partial charge < -0.3 is 10.4 Å². The molecule has 2 heteroatoms. The molecule has 2 aromatic carbocycles. The Morgan fingerprint density at radius 3 is 2.08 bits per heavy atom. The second-order valence-electron chi connectivity index (χ2n) is 7.09. The summed E-state index contributed by atoms with van der Waals surface area (Å²) >= 11 is 0. The van der Waals surface area contributed by atoms with Crippen molar-refractivity contribution in [2.45, 2.75) is 57.2 Å². The minimum Gasteiger partial charge on any atom is -0.389 e. The van der Waals surface area contributed by atoms with E-state index in [0.717, 1.165) is 25.7 Å². The Kier molecular flexibility index (Phi) is 5.37. The predicted octanol–water partition coefficient (Wildman–Crippen LogP) is 5.02. The Balaban J connectivity index is 1.98. The average molecular weight is 323 g/mol. The van der Waals surface area contributed by atoms with Crippen LogP contribution in [0.15, 0.2) is 60.7 Å². The molecule has 0 aromatic heterocycles. The first-order chi connectivity index (χ1) is 11.7. The summed E-state index contributed by atoms with van der Waals surface area (Å²) in [5, 5.41) is 15.4. The summed E-state index contributed by atoms with van der Waals surface area (Å²) < 4.78 is 0. The van der Waals surface area contributed by atoms with Gasteiger partial charge in [-0.15, -0.1) is 0 Å². The second-order valence-corrected chi connectivity index (χ2v) is 7.09. The van der Waals surface area contributed by atoms with Gasteiger partial charge in [-0.3, -0.25) is 0 Å². The summed E-state index contributed by atoms with van der Waals surface area (Å²) in [6.45, 7) is 4.37. The smallest absolute Gasteiger partial charge is 0.0711 e. The fraction of sp³-hybridized carbons (Fsp3) is 0.455. The molecule has 3 rings (SSSR count). The van der Waals surface area contributed by atoms with Crippen LogP contribution < -0.4 is 5.32 Å². The van der Waals surface area contributed by atoms with Gasteiger partial charge in [-0.2, -0.15) is 0 Å². The molecule has 0 unspecified atom stereocenters. The van der Waals surface area contributed by atoms with E-state index < -0.39 is 5.60 Å². The topological polar surface area (TPSA) is 32.3 Å². The lowest BCUT2D eigenvalue weighted by Crippen LogP contribution is -2.52. The number of rotatable bonds is 5. The maximum atomic E-state index is 11.6. The van der Waals surface area contributed by atoms with Crippen molar-refractivity contribution in [3.63, 3.8) is 0 Å². The standard InChI is InChI=1S/C22H29NO/c1-3-15-22(24)16-20(17-11-7-5-8-12-17)23-21(19(22)4-2)18-13-9-6-10-14-18/h5-14,19-21,23-24H,3-4,15-16H2,1-2H3/t19-,20-,21+,22-/m0/s1. The monoisotopic (exact) mass is 323 g/mol. The molecule has 24 heavy (non-hydrogen) atoms. The minimum absolute atomic E-state index is 0.187. The van der Waals surface area contributed by atoms with Crippen molar-refractivity contribution in [3.05, 3.63) is 71.8 Å². The average Bonchev–Trinajstić information content (AvgIpc) is 2.62. The summed E-state index contributed by atoms with van der Waals surface area (Å²) in [4.78, 5) is 0. The largest absolute Gasteiger partial charge is 0.389 e. The molecular formula is C22H29NO. The van der Waals surface area contributed by atoms with Crippen molar-refractivity contribution >= 4 is 0 Å². The Hall–Kier alpha value is -1.64. The van der Waals surface area contributed by atoms with Crippen LogP contribution in [-0.2, 0) is 0 Å². The lowest BCUT2D eigenvalue weighted by atomic mass is 9.68. The zero-order chi connectivity index (χ0) is 17.0. The van der Waals surface area contributed by atoms with E-state index in [2.05, 4.69) is 73.8 Å². The molecule has 1 aliphatic heterocycles. The van der Waals surface area contributed by atoms with Gasteiger partial charge in [-0.1, -0.05) is 80.9 Å². The molecule has 2 N–H and O–H groups in total. The van der Waals surface area contributed by atoms with E-state index >= 15 is 0 Å². The van der Waals surface area contributed by atoms with Crippen LogP contribution in [0, 0.1) is 5.92 Å². The lowest BCUT2D eigenvalue weighted by molar-refractivity contribution is -0.0827. The van der Waals surface area contributed by atoms with E-state index in [0.29, 0.717) is 0 Å². The van der Waals surface area contributed by atoms with Crippen LogP contribution in [0.5, 0.6) is 0 Å². The van der Waals surface area contributed by atoms with Crippen molar-refractivity contribution in [3.8, 4) is 0 Å². The molecule has 0 spiro atoms. The number of hydrogen-bond donors (Lipinski definition) is 2. The van der Waals surface area contributed by atoms with Gasteiger partial charge in [0.05, 0.1) is 5.60 Å². The molecule has 0 bridgehead atoms. The van der Waals surface area contributed by atoms with Crippen molar-refractivity contribution < 1.29 is 5.11 Å². The number of hydrogen-bond acceptors (Lipinski definition) is 2. The zero-order valence-electron chi connectivity index (χ0n) is 14.8. The van der Waals surface area contributed by atoms with E-state index in [1.807, 2.05) is 6.07 Å². The van der Waals surface area contributed by atoms with Gasteiger partial charge >= 0.3 is 0 Å². The van der Waals surface area contributed by atoms with E-state index in [1.54, 1.807) is 0 Å². The number of nitrogens with one attached hydrogen (secondary N) is 1. The predicted molar refractivity (Wildman–Crippen MR) is 99.8 cm³/mol. The van der Waals surface area contributed by atoms with Crippen LogP contribution >= 0.6 is 0 Å². The highest BCUT2D eigenvalue weighted by Gasteiger charge is 2.46. The van der Waals surface area contributed by atoms with E-state index in [-0.39, 0.29) is 18.0 Å². The normalized spacial score (nSPS) is 30.2. The third kappa shape index (κ3) is 3.40. The van der Waals surface area contributed by atoms with E-state index in [4.69, 9.17) is 0 Å². The Labute approximate surface area is 145 Å². The van der Waals surface area contributed by atoms with Crippen molar-refractivity contribution in [1.29, 1.82) is 0 Å². The minimum atomic E-state index is -0.615. The molecule has 0 radical (unpaired) electrons. The molecule has 2 aromatic rings.